The summed E-state index contributed by atoms with van der Waals surface area (Å²) < 4.78 is 31.7. The number of benzene rings is 2. The Labute approximate surface area is 345 Å². The number of carbonyl (C=O) groups is 7. The summed E-state index contributed by atoms with van der Waals surface area (Å²) in [6, 6.07) is 10.4. The minimum atomic E-state index is -1.01. The molecule has 4 N–H and O–H groups in total. The molecule has 2 aromatic rings. The fourth-order valence-electron chi connectivity index (χ4n) is 4.99. The molecule has 1 heterocycles. The second kappa shape index (κ2) is 26.7. The van der Waals surface area contributed by atoms with Gasteiger partial charge in [0.25, 0.3) is 17.5 Å². The second-order valence-electron chi connectivity index (χ2n) is 13.1. The van der Waals surface area contributed by atoms with Crippen molar-refractivity contribution in [2.45, 2.75) is 39.3 Å². The lowest BCUT2D eigenvalue weighted by Crippen LogP contribution is -2.51. The van der Waals surface area contributed by atoms with Gasteiger partial charge in [-0.15, -0.1) is 0 Å². The number of non-ortho nitro benzene ring substituents is 1. The van der Waals surface area contributed by atoms with E-state index in [0.717, 1.165) is 4.90 Å². The Morgan fingerprint density at radius 2 is 1.30 bits per heavy atom. The summed E-state index contributed by atoms with van der Waals surface area (Å²) in [5, 5.41) is 21.2. The van der Waals surface area contributed by atoms with E-state index in [1.54, 1.807) is 38.1 Å². The van der Waals surface area contributed by atoms with Crippen molar-refractivity contribution in [3.8, 4) is 5.75 Å². The van der Waals surface area contributed by atoms with Gasteiger partial charge in [-0.05, 0) is 35.7 Å². The van der Waals surface area contributed by atoms with Gasteiger partial charge in [-0.2, -0.15) is 0 Å². The lowest BCUT2D eigenvalue weighted by atomic mass is 10.0. The molecule has 0 aromatic heterocycles. The minimum absolute atomic E-state index is 0.00409. The molecule has 0 saturated carbocycles. The first-order chi connectivity index (χ1) is 28.8. The Kier molecular flexibility index (Phi) is 21.4. The molecule has 0 aliphatic carbocycles. The van der Waals surface area contributed by atoms with E-state index in [0.29, 0.717) is 37.7 Å². The van der Waals surface area contributed by atoms with Crippen LogP contribution in [0.3, 0.4) is 0 Å². The van der Waals surface area contributed by atoms with Crippen molar-refractivity contribution in [2.75, 3.05) is 77.8 Å². The number of nitro groups is 1. The molecule has 1 aliphatic rings. The van der Waals surface area contributed by atoms with Crippen LogP contribution >= 0.6 is 0 Å². The predicted molar refractivity (Wildman–Crippen MR) is 210 cm³/mol. The maximum absolute atomic E-state index is 12.8. The Hall–Kier alpha value is -6.29. The first kappa shape index (κ1) is 48.1. The number of hydrogen-bond donors (Lipinski definition) is 4. The number of nitrogens with one attached hydrogen (secondary N) is 4. The molecule has 1 unspecified atom stereocenters. The van der Waals surface area contributed by atoms with Crippen molar-refractivity contribution < 1.29 is 66.9 Å². The molecule has 60 heavy (non-hydrogen) atoms. The maximum atomic E-state index is 12.8. The lowest BCUT2D eigenvalue weighted by Gasteiger charge is -2.21. The SMILES string of the molecule is CC(C)C(NC(=O)CCOCCOCCOCCOCCNC(=O)CCN1C(=O)C=CC1=O)C(=O)NCC(=O)Nc1ccc(COC(=O)Oc2ccc([N+](=O)[O-])cc2)cc1. The van der Waals surface area contributed by atoms with Crippen LogP contribution in [0.1, 0.15) is 32.3 Å². The third-order valence-electron chi connectivity index (χ3n) is 8.15. The number of amides is 6. The first-order valence-electron chi connectivity index (χ1n) is 19.0. The molecule has 2 aromatic carbocycles. The van der Waals surface area contributed by atoms with Crippen LogP contribution in [-0.2, 0) is 59.1 Å². The molecule has 0 fully saturated rings. The van der Waals surface area contributed by atoms with E-state index >= 15 is 0 Å². The van der Waals surface area contributed by atoms with E-state index < -0.39 is 46.7 Å². The van der Waals surface area contributed by atoms with E-state index in [-0.39, 0.29) is 88.8 Å². The van der Waals surface area contributed by atoms with Crippen molar-refractivity contribution >= 4 is 53.0 Å². The summed E-state index contributed by atoms with van der Waals surface area (Å²) in [7, 11) is 0. The molecule has 0 saturated heterocycles. The summed E-state index contributed by atoms with van der Waals surface area (Å²) in [5.74, 6) is -2.79. The molecule has 21 nitrogen and oxygen atoms in total. The smallest absolute Gasteiger partial charge is 0.429 e. The highest BCUT2D eigenvalue weighted by Gasteiger charge is 2.25. The fourth-order valence-corrected chi connectivity index (χ4v) is 4.99. The highest BCUT2D eigenvalue weighted by atomic mass is 16.7. The van der Waals surface area contributed by atoms with Crippen LogP contribution in [0.15, 0.2) is 60.7 Å². The van der Waals surface area contributed by atoms with Crippen LogP contribution in [0, 0.1) is 16.0 Å². The van der Waals surface area contributed by atoms with Gasteiger partial charge in [-0.1, -0.05) is 26.0 Å². The van der Waals surface area contributed by atoms with Gasteiger partial charge >= 0.3 is 6.16 Å². The Morgan fingerprint density at radius 1 is 0.717 bits per heavy atom. The van der Waals surface area contributed by atoms with Crippen molar-refractivity contribution in [3.63, 3.8) is 0 Å². The van der Waals surface area contributed by atoms with Gasteiger partial charge in [0.1, 0.15) is 18.4 Å². The molecule has 0 spiro atoms. The number of imide groups is 1. The lowest BCUT2D eigenvalue weighted by molar-refractivity contribution is -0.384. The van der Waals surface area contributed by atoms with E-state index in [2.05, 4.69) is 21.3 Å². The molecule has 21 heteroatoms. The van der Waals surface area contributed by atoms with E-state index in [4.69, 9.17) is 28.4 Å². The molecule has 0 bridgehead atoms. The molecule has 3 rings (SSSR count). The van der Waals surface area contributed by atoms with Crippen LogP contribution in [0.5, 0.6) is 5.75 Å². The van der Waals surface area contributed by atoms with E-state index in [1.807, 2.05) is 0 Å². The van der Waals surface area contributed by atoms with Crippen molar-refractivity contribution in [2.24, 2.45) is 5.92 Å². The molecule has 6 amide bonds. The average molecular weight is 843 g/mol. The van der Waals surface area contributed by atoms with Crippen LogP contribution in [-0.4, -0.2) is 130 Å². The van der Waals surface area contributed by atoms with Gasteiger partial charge < -0.3 is 49.7 Å². The number of ether oxygens (including phenoxy) is 6. The fraction of sp³-hybridized carbons (Fsp3) is 0.462. The third-order valence-corrected chi connectivity index (χ3v) is 8.15. The maximum Gasteiger partial charge on any atom is 0.514 e. The molecule has 0 radical (unpaired) electrons. The van der Waals surface area contributed by atoms with Gasteiger partial charge in [-0.3, -0.25) is 43.8 Å². The van der Waals surface area contributed by atoms with Gasteiger partial charge in [0, 0.05) is 55.9 Å². The predicted octanol–water partition coefficient (Wildman–Crippen LogP) is 1.39. The average Bonchev–Trinajstić information content (AvgIpc) is 3.54. The Balaban J connectivity index is 1.16. The van der Waals surface area contributed by atoms with Gasteiger partial charge in [0.2, 0.25) is 23.6 Å². The zero-order chi connectivity index (χ0) is 43.7. The molecular formula is C39H50N6O15. The molecule has 1 aliphatic heterocycles. The summed E-state index contributed by atoms with van der Waals surface area (Å²) in [4.78, 5) is 95.7. The van der Waals surface area contributed by atoms with Crippen LogP contribution < -0.4 is 26.0 Å². The highest BCUT2D eigenvalue weighted by Crippen LogP contribution is 2.18. The minimum Gasteiger partial charge on any atom is -0.429 e. The number of hydrogen-bond acceptors (Lipinski definition) is 15. The molecule has 326 valence electrons. The van der Waals surface area contributed by atoms with E-state index in [1.165, 1.54) is 36.4 Å². The zero-order valence-electron chi connectivity index (χ0n) is 33.3. The molecule has 1 atom stereocenters. The monoisotopic (exact) mass is 842 g/mol. The van der Waals surface area contributed by atoms with Gasteiger partial charge in [0.15, 0.2) is 0 Å². The third kappa shape index (κ3) is 19.0. The molecular weight excluding hydrogens is 792 g/mol. The van der Waals surface area contributed by atoms with E-state index in [9.17, 15) is 43.7 Å². The summed E-state index contributed by atoms with van der Waals surface area (Å²) in [6.45, 7) is 5.50. The zero-order valence-corrected chi connectivity index (χ0v) is 33.3. The largest absolute Gasteiger partial charge is 0.514 e. The van der Waals surface area contributed by atoms with Gasteiger partial charge in [0.05, 0.1) is 64.3 Å². The first-order valence-corrected chi connectivity index (χ1v) is 19.0. The van der Waals surface area contributed by atoms with Crippen LogP contribution in [0.25, 0.3) is 0 Å². The Morgan fingerprint density at radius 3 is 1.88 bits per heavy atom. The summed E-state index contributed by atoms with van der Waals surface area (Å²) >= 11 is 0. The topological polar surface area (TPSA) is 269 Å². The van der Waals surface area contributed by atoms with Crippen molar-refractivity contribution in [1.29, 1.82) is 0 Å². The van der Waals surface area contributed by atoms with Gasteiger partial charge in [-0.25, -0.2) is 4.79 Å². The standard InChI is InChI=1S/C39H50N6O15/c1-27(2)37(38(51)41-25-34(48)42-29-5-3-28(4-6-29)26-59-39(52)60-31-9-7-30(8-10-31)45(53)54)43-33(47)14-17-55-19-21-57-23-24-58-22-20-56-18-15-40-32(46)13-16-44-35(49)11-12-36(44)50/h3-12,27,37H,13-26H2,1-2H3,(H,40,46)(H,41,51)(H,42,48)(H,43,47). The Bertz CT molecular complexity index is 1770. The number of nitro benzene ring substituents is 1. The number of carbonyl (C=O) groups excluding carboxylic acids is 7. The summed E-state index contributed by atoms with van der Waals surface area (Å²) in [5.41, 5.74) is 0.853. The van der Waals surface area contributed by atoms with Crippen molar-refractivity contribution in [3.05, 3.63) is 76.4 Å². The number of nitrogens with zero attached hydrogens (tertiary/aromatic N) is 2. The van der Waals surface area contributed by atoms with Crippen LogP contribution in [0.2, 0.25) is 0 Å². The number of anilines is 1. The number of rotatable bonds is 28. The highest BCUT2D eigenvalue weighted by molar-refractivity contribution is 6.13. The second-order valence-corrected chi connectivity index (χ2v) is 13.1. The quantitative estimate of drug-likeness (QED) is 0.0236. The van der Waals surface area contributed by atoms with Crippen LogP contribution in [0.4, 0.5) is 16.2 Å². The summed E-state index contributed by atoms with van der Waals surface area (Å²) in [6.07, 6.45) is 1.35. The van der Waals surface area contributed by atoms with Crippen molar-refractivity contribution in [1.82, 2.24) is 20.9 Å². The normalized spacial score (nSPS) is 12.6.